The molecule has 0 spiro atoms. The van der Waals surface area contributed by atoms with E-state index in [0.717, 1.165) is 29.0 Å². The Morgan fingerprint density at radius 2 is 2.09 bits per heavy atom. The Bertz CT molecular complexity index is 696. The van der Waals surface area contributed by atoms with Crippen molar-refractivity contribution in [2.45, 2.75) is 25.8 Å². The van der Waals surface area contributed by atoms with E-state index >= 15 is 0 Å². The molecule has 0 radical (unpaired) electrons. The topological polar surface area (TPSA) is 49.4 Å². The maximum atomic E-state index is 12.6. The third-order valence-corrected chi connectivity index (χ3v) is 5.17. The highest BCUT2D eigenvalue weighted by Gasteiger charge is 2.26. The van der Waals surface area contributed by atoms with Crippen LogP contribution >= 0.6 is 11.3 Å². The molecule has 120 valence electrons. The van der Waals surface area contributed by atoms with Gasteiger partial charge in [0.25, 0.3) is 5.91 Å². The highest BCUT2D eigenvalue weighted by atomic mass is 32.1. The first-order chi connectivity index (χ1) is 11.1. The number of hydrogen-bond acceptors (Lipinski definition) is 3. The minimum atomic E-state index is -0.188. The Balaban J connectivity index is 1.79. The van der Waals surface area contributed by atoms with Gasteiger partial charge in [0.1, 0.15) is 0 Å². The number of likely N-dealkylation sites (tertiary alicyclic amines) is 1. The molecule has 2 amide bonds. The summed E-state index contributed by atoms with van der Waals surface area (Å²) in [5, 5.41) is 5.02. The van der Waals surface area contributed by atoms with Gasteiger partial charge in [0, 0.05) is 19.5 Å². The molecular formula is C18H20N2O2S. The number of hydrogen-bond donors (Lipinski definition) is 1. The van der Waals surface area contributed by atoms with Crippen molar-refractivity contribution in [2.24, 2.45) is 0 Å². The lowest BCUT2D eigenvalue weighted by Crippen LogP contribution is -2.38. The van der Waals surface area contributed by atoms with Crippen LogP contribution in [0.25, 0.3) is 0 Å². The van der Waals surface area contributed by atoms with Gasteiger partial charge >= 0.3 is 0 Å². The maximum Gasteiger partial charge on any atom is 0.262 e. The van der Waals surface area contributed by atoms with Crippen molar-refractivity contribution in [3.8, 4) is 0 Å². The minimum absolute atomic E-state index is 0.0713. The number of aryl methyl sites for hydroxylation is 1. The molecule has 5 heteroatoms. The Morgan fingerprint density at radius 1 is 1.30 bits per heavy atom. The Kier molecular flexibility index (Phi) is 4.76. The molecule has 0 saturated carbocycles. The van der Waals surface area contributed by atoms with Crippen LogP contribution in [-0.2, 0) is 4.79 Å². The summed E-state index contributed by atoms with van der Waals surface area (Å²) in [6, 6.07) is 11.6. The predicted molar refractivity (Wildman–Crippen MR) is 91.5 cm³/mol. The fraction of sp³-hybridized carbons (Fsp3) is 0.333. The third-order valence-electron chi connectivity index (χ3n) is 4.15. The van der Waals surface area contributed by atoms with E-state index in [2.05, 4.69) is 5.32 Å². The van der Waals surface area contributed by atoms with E-state index < -0.39 is 0 Å². The first-order valence-electron chi connectivity index (χ1n) is 7.83. The van der Waals surface area contributed by atoms with E-state index in [4.69, 9.17) is 0 Å². The zero-order valence-corrected chi connectivity index (χ0v) is 13.9. The number of thiophene rings is 1. The number of carbonyl (C=O) groups is 2. The van der Waals surface area contributed by atoms with Crippen molar-refractivity contribution in [2.75, 3.05) is 13.1 Å². The van der Waals surface area contributed by atoms with Crippen LogP contribution in [0.5, 0.6) is 0 Å². The molecule has 1 N–H and O–H groups in total. The molecule has 1 saturated heterocycles. The van der Waals surface area contributed by atoms with Crippen LogP contribution in [0.4, 0.5) is 0 Å². The van der Waals surface area contributed by atoms with E-state index in [1.165, 1.54) is 11.3 Å². The zero-order valence-electron chi connectivity index (χ0n) is 13.1. The van der Waals surface area contributed by atoms with Crippen molar-refractivity contribution in [3.05, 3.63) is 57.8 Å². The summed E-state index contributed by atoms with van der Waals surface area (Å²) in [6.45, 7) is 3.24. The van der Waals surface area contributed by atoms with E-state index in [0.29, 0.717) is 13.0 Å². The van der Waals surface area contributed by atoms with Crippen LogP contribution in [0.15, 0.2) is 41.8 Å². The van der Waals surface area contributed by atoms with Crippen LogP contribution in [0.2, 0.25) is 0 Å². The van der Waals surface area contributed by atoms with Crippen LogP contribution in [-0.4, -0.2) is 29.8 Å². The average Bonchev–Trinajstić information content (AvgIpc) is 3.16. The van der Waals surface area contributed by atoms with E-state index in [1.54, 1.807) is 0 Å². The molecule has 0 unspecified atom stereocenters. The molecule has 4 nitrogen and oxygen atoms in total. The lowest BCUT2D eigenvalue weighted by molar-refractivity contribution is -0.128. The van der Waals surface area contributed by atoms with Crippen LogP contribution in [0, 0.1) is 6.92 Å². The highest BCUT2D eigenvalue weighted by molar-refractivity contribution is 7.12. The second-order valence-corrected chi connectivity index (χ2v) is 6.73. The lowest BCUT2D eigenvalue weighted by atomic mass is 10.1. The van der Waals surface area contributed by atoms with E-state index in [1.807, 2.05) is 53.6 Å². The molecule has 2 heterocycles. The summed E-state index contributed by atoms with van der Waals surface area (Å²) in [5.41, 5.74) is 2.01. The summed E-state index contributed by atoms with van der Waals surface area (Å²) in [7, 11) is 0. The summed E-state index contributed by atoms with van der Waals surface area (Å²) in [4.78, 5) is 27.1. The summed E-state index contributed by atoms with van der Waals surface area (Å²) >= 11 is 1.45. The van der Waals surface area contributed by atoms with Gasteiger partial charge in [0.15, 0.2) is 0 Å². The number of amides is 2. The first-order valence-corrected chi connectivity index (χ1v) is 8.71. The van der Waals surface area contributed by atoms with Crippen molar-refractivity contribution in [3.63, 3.8) is 0 Å². The van der Waals surface area contributed by atoms with E-state index in [-0.39, 0.29) is 17.9 Å². The molecule has 3 rings (SSSR count). The molecule has 0 aliphatic carbocycles. The average molecular weight is 328 g/mol. The Morgan fingerprint density at radius 3 is 2.70 bits per heavy atom. The second kappa shape index (κ2) is 6.96. The summed E-state index contributed by atoms with van der Waals surface area (Å²) in [5.74, 6) is 0.102. The fourth-order valence-corrected chi connectivity index (χ4v) is 3.69. The molecule has 23 heavy (non-hydrogen) atoms. The highest BCUT2D eigenvalue weighted by Crippen LogP contribution is 2.21. The monoisotopic (exact) mass is 328 g/mol. The van der Waals surface area contributed by atoms with Gasteiger partial charge in [-0.15, -0.1) is 11.3 Å². The normalized spacial score (nSPS) is 15.7. The van der Waals surface area contributed by atoms with Crippen molar-refractivity contribution >= 4 is 23.2 Å². The van der Waals surface area contributed by atoms with Crippen LogP contribution in [0.3, 0.4) is 0 Å². The lowest BCUT2D eigenvalue weighted by Gasteiger charge is -2.25. The van der Waals surface area contributed by atoms with Crippen LogP contribution < -0.4 is 5.32 Å². The Hall–Kier alpha value is -2.14. The standard InChI is InChI=1S/C18H20N2O2S/c1-13-9-11-23-17(13)18(22)19-15(14-6-3-2-4-7-14)12-20-10-5-8-16(20)21/h2-4,6-7,9,11,15H,5,8,10,12H2,1H3,(H,19,22)/t15-/m0/s1. The molecule has 2 aromatic rings. The minimum Gasteiger partial charge on any atom is -0.343 e. The number of nitrogens with zero attached hydrogens (tertiary/aromatic N) is 1. The zero-order chi connectivity index (χ0) is 16.2. The predicted octanol–water partition coefficient (Wildman–Crippen LogP) is 3.15. The summed E-state index contributed by atoms with van der Waals surface area (Å²) < 4.78 is 0. The van der Waals surface area contributed by atoms with Gasteiger partial charge in [0.05, 0.1) is 10.9 Å². The van der Waals surface area contributed by atoms with Crippen LogP contribution in [0.1, 0.15) is 39.7 Å². The maximum absolute atomic E-state index is 12.6. The Labute approximate surface area is 140 Å². The summed E-state index contributed by atoms with van der Waals surface area (Å²) in [6.07, 6.45) is 1.51. The van der Waals surface area contributed by atoms with Gasteiger partial charge in [-0.2, -0.15) is 0 Å². The molecule has 1 atom stereocenters. The molecular weight excluding hydrogens is 308 g/mol. The van der Waals surface area contributed by atoms with Gasteiger partial charge in [0.2, 0.25) is 5.91 Å². The molecule has 1 aromatic heterocycles. The van der Waals surface area contributed by atoms with Crippen molar-refractivity contribution in [1.29, 1.82) is 0 Å². The smallest absolute Gasteiger partial charge is 0.262 e. The number of benzene rings is 1. The molecule has 0 bridgehead atoms. The van der Waals surface area contributed by atoms with Gasteiger partial charge in [-0.1, -0.05) is 30.3 Å². The van der Waals surface area contributed by atoms with E-state index in [9.17, 15) is 9.59 Å². The molecule has 1 aromatic carbocycles. The quantitative estimate of drug-likeness (QED) is 0.916. The van der Waals surface area contributed by atoms with Gasteiger partial charge in [-0.25, -0.2) is 0 Å². The largest absolute Gasteiger partial charge is 0.343 e. The van der Waals surface area contributed by atoms with Gasteiger partial charge in [-0.05, 0) is 35.9 Å². The van der Waals surface area contributed by atoms with Crippen molar-refractivity contribution in [1.82, 2.24) is 10.2 Å². The molecule has 1 aliphatic heterocycles. The van der Waals surface area contributed by atoms with Crippen molar-refractivity contribution < 1.29 is 9.59 Å². The van der Waals surface area contributed by atoms with Gasteiger partial charge < -0.3 is 10.2 Å². The molecule has 1 aliphatic rings. The third kappa shape index (κ3) is 3.62. The number of carbonyl (C=O) groups excluding carboxylic acids is 2. The second-order valence-electron chi connectivity index (χ2n) is 5.81. The number of nitrogens with one attached hydrogen (secondary N) is 1. The SMILES string of the molecule is Cc1ccsc1C(=O)N[C@@H](CN1CCCC1=O)c1ccccc1. The fourth-order valence-electron chi connectivity index (χ4n) is 2.87. The first kappa shape index (κ1) is 15.7. The molecule has 1 fully saturated rings. The number of rotatable bonds is 5. The van der Waals surface area contributed by atoms with Gasteiger partial charge in [-0.3, -0.25) is 9.59 Å².